The number of fused-ring (bicyclic) bond motifs is 3. The second-order valence-corrected chi connectivity index (χ2v) is 10.7. The number of ketones is 1. The summed E-state index contributed by atoms with van der Waals surface area (Å²) in [7, 11) is 0. The molecule has 2 aromatic carbocycles. The molecule has 4 fully saturated rings. The summed E-state index contributed by atoms with van der Waals surface area (Å²) in [5.41, 5.74) is 2.81. The molecule has 2 bridgehead atoms. The number of amides is 1. The Balaban J connectivity index is 1.22. The third-order valence-electron chi connectivity index (χ3n) is 8.33. The van der Waals surface area contributed by atoms with Gasteiger partial charge in [-0.2, -0.15) is 0 Å². The number of anilines is 1. The molecule has 2 aromatic rings. The normalized spacial score (nSPS) is 26.7. The van der Waals surface area contributed by atoms with Crippen LogP contribution in [0.25, 0.3) is 0 Å². The molecule has 6 rings (SSSR count). The van der Waals surface area contributed by atoms with Crippen molar-refractivity contribution < 1.29 is 18.8 Å². The minimum absolute atomic E-state index is 0.130. The predicted octanol–water partition coefficient (Wildman–Crippen LogP) is 6.20. The molecule has 1 aliphatic carbocycles. The zero-order valence-corrected chi connectivity index (χ0v) is 20.1. The van der Waals surface area contributed by atoms with Gasteiger partial charge in [0.2, 0.25) is 12.0 Å². The molecule has 1 saturated carbocycles. The molecular formula is C29H37N2O3+. The number of benzene rings is 2. The van der Waals surface area contributed by atoms with Crippen LogP contribution in [0.2, 0.25) is 0 Å². The number of Topliss-reactive ketones (excluding diaryl/α,β-unsaturated/α-hetero) is 1. The van der Waals surface area contributed by atoms with Gasteiger partial charge in [-0.3, -0.25) is 14.6 Å². The number of hydrogen-bond donors (Lipinski definition) is 1. The van der Waals surface area contributed by atoms with Crippen molar-refractivity contribution in [2.75, 3.05) is 25.0 Å². The minimum Gasteiger partial charge on any atom is -0.396 e. The van der Waals surface area contributed by atoms with Gasteiger partial charge in [-0.15, -0.1) is 0 Å². The first-order chi connectivity index (χ1) is 16.6. The summed E-state index contributed by atoms with van der Waals surface area (Å²) in [5, 5.41) is 2.97. The number of ether oxygens (including phenoxy) is 1. The molecule has 3 aliphatic heterocycles. The van der Waals surface area contributed by atoms with Gasteiger partial charge in [0.1, 0.15) is 6.54 Å². The van der Waals surface area contributed by atoms with Crippen molar-refractivity contribution in [2.24, 2.45) is 11.8 Å². The van der Waals surface area contributed by atoms with Crippen molar-refractivity contribution >= 4 is 17.6 Å². The van der Waals surface area contributed by atoms with Crippen molar-refractivity contribution in [3.63, 3.8) is 0 Å². The van der Waals surface area contributed by atoms with E-state index in [1.165, 1.54) is 37.7 Å². The Labute approximate surface area is 203 Å². The van der Waals surface area contributed by atoms with Crippen LogP contribution in [-0.4, -0.2) is 42.2 Å². The number of nitrogens with one attached hydrogen (secondary N) is 1. The van der Waals surface area contributed by atoms with E-state index in [1.54, 1.807) is 0 Å². The summed E-state index contributed by atoms with van der Waals surface area (Å²) in [5.74, 6) is 1.47. The average Bonchev–Trinajstić information content (AvgIpc) is 2.86. The SMILES string of the molecule is O=C(Nc1cccc(CC2CCCCC2)c1)OC1CC2CC[N+]1(CC(=O)c1ccccc1)CC2. The third-order valence-corrected chi connectivity index (χ3v) is 8.33. The number of carbonyl (C=O) groups excluding carboxylic acids is 2. The molecule has 1 N–H and O–H groups in total. The first-order valence-electron chi connectivity index (χ1n) is 13.1. The lowest BCUT2D eigenvalue weighted by Gasteiger charge is -2.52. The number of quaternary nitrogens is 1. The number of rotatable bonds is 7. The van der Waals surface area contributed by atoms with E-state index in [1.807, 2.05) is 42.5 Å². The summed E-state index contributed by atoms with van der Waals surface area (Å²) >= 11 is 0. The first kappa shape index (κ1) is 23.1. The molecular weight excluding hydrogens is 424 g/mol. The zero-order chi connectivity index (χ0) is 23.4. The van der Waals surface area contributed by atoms with Crippen molar-refractivity contribution in [1.82, 2.24) is 0 Å². The van der Waals surface area contributed by atoms with Gasteiger partial charge >= 0.3 is 6.09 Å². The van der Waals surface area contributed by atoms with Gasteiger partial charge in [0.25, 0.3) is 0 Å². The van der Waals surface area contributed by atoms with Crippen LogP contribution < -0.4 is 5.32 Å². The van der Waals surface area contributed by atoms with Crippen LogP contribution in [0.4, 0.5) is 10.5 Å². The van der Waals surface area contributed by atoms with E-state index in [0.29, 0.717) is 16.9 Å². The molecule has 1 unspecified atom stereocenters. The van der Waals surface area contributed by atoms with Crippen LogP contribution in [0.3, 0.4) is 0 Å². The summed E-state index contributed by atoms with van der Waals surface area (Å²) in [6.07, 6.45) is 10.1. The van der Waals surface area contributed by atoms with Crippen LogP contribution in [-0.2, 0) is 11.2 Å². The number of carbonyl (C=O) groups is 2. The fourth-order valence-corrected chi connectivity index (χ4v) is 6.36. The molecule has 180 valence electrons. The molecule has 0 spiro atoms. The Hall–Kier alpha value is -2.66. The van der Waals surface area contributed by atoms with E-state index in [4.69, 9.17) is 4.74 Å². The Kier molecular flexibility index (Phi) is 7.00. The fourth-order valence-electron chi connectivity index (χ4n) is 6.36. The van der Waals surface area contributed by atoms with Gasteiger partial charge in [-0.05, 0) is 36.0 Å². The highest BCUT2D eigenvalue weighted by atomic mass is 16.6. The maximum absolute atomic E-state index is 13.0. The van der Waals surface area contributed by atoms with E-state index in [-0.39, 0.29) is 12.0 Å². The summed E-state index contributed by atoms with van der Waals surface area (Å²) in [4.78, 5) is 26.0. The van der Waals surface area contributed by atoms with Gasteiger partial charge in [0, 0.05) is 30.5 Å². The third kappa shape index (κ3) is 5.35. The summed E-state index contributed by atoms with van der Waals surface area (Å²) in [6, 6.07) is 17.7. The predicted molar refractivity (Wildman–Crippen MR) is 134 cm³/mol. The highest BCUT2D eigenvalue weighted by Gasteiger charge is 2.50. The standard InChI is InChI=1S/C29H36N2O3/c32-27(25-11-5-2-6-12-25)21-31-16-14-23(15-17-31)20-28(31)34-29(33)30-26-13-7-10-24(19-26)18-22-8-3-1-4-9-22/h2,5-7,10-13,19,22-23,28H,1,3-4,8-9,14-18,20-21H2/p+1. The average molecular weight is 462 g/mol. The van der Waals surface area contributed by atoms with E-state index in [2.05, 4.69) is 17.4 Å². The summed E-state index contributed by atoms with van der Waals surface area (Å²) < 4.78 is 6.60. The number of piperidine rings is 3. The van der Waals surface area contributed by atoms with E-state index >= 15 is 0 Å². The van der Waals surface area contributed by atoms with Gasteiger partial charge < -0.3 is 4.74 Å². The largest absolute Gasteiger partial charge is 0.416 e. The Bertz CT molecular complexity index is 991. The van der Waals surface area contributed by atoms with Crippen LogP contribution in [0.15, 0.2) is 54.6 Å². The molecule has 1 amide bonds. The molecule has 5 nitrogen and oxygen atoms in total. The van der Waals surface area contributed by atoms with Crippen molar-refractivity contribution in [3.05, 3.63) is 65.7 Å². The van der Waals surface area contributed by atoms with E-state index in [9.17, 15) is 9.59 Å². The second-order valence-electron chi connectivity index (χ2n) is 10.7. The quantitative estimate of drug-likeness (QED) is 0.395. The fraction of sp³-hybridized carbons (Fsp3) is 0.517. The maximum Gasteiger partial charge on any atom is 0.416 e. The number of nitrogens with zero attached hydrogens (tertiary/aromatic N) is 1. The van der Waals surface area contributed by atoms with Crippen molar-refractivity contribution in [3.8, 4) is 0 Å². The highest BCUT2D eigenvalue weighted by Crippen LogP contribution is 2.39. The molecule has 1 atom stereocenters. The van der Waals surface area contributed by atoms with Gasteiger partial charge in [0.05, 0.1) is 13.1 Å². The Morgan fingerprint density at radius 1 is 0.912 bits per heavy atom. The molecule has 0 aromatic heterocycles. The molecule has 3 saturated heterocycles. The van der Waals surface area contributed by atoms with Gasteiger partial charge in [-0.25, -0.2) is 4.79 Å². The van der Waals surface area contributed by atoms with Crippen LogP contribution >= 0.6 is 0 Å². The highest BCUT2D eigenvalue weighted by molar-refractivity contribution is 5.97. The van der Waals surface area contributed by atoms with Crippen LogP contribution in [0.1, 0.15) is 67.3 Å². The molecule has 4 aliphatic rings. The van der Waals surface area contributed by atoms with Gasteiger partial charge in [-0.1, -0.05) is 74.6 Å². The Morgan fingerprint density at radius 2 is 1.68 bits per heavy atom. The Morgan fingerprint density at radius 3 is 2.44 bits per heavy atom. The van der Waals surface area contributed by atoms with Gasteiger partial charge in [0.15, 0.2) is 0 Å². The van der Waals surface area contributed by atoms with Crippen LogP contribution in [0, 0.1) is 11.8 Å². The second kappa shape index (κ2) is 10.3. The van der Waals surface area contributed by atoms with E-state index in [0.717, 1.165) is 55.9 Å². The molecule has 34 heavy (non-hydrogen) atoms. The van der Waals surface area contributed by atoms with E-state index < -0.39 is 6.09 Å². The molecule has 0 radical (unpaired) electrons. The monoisotopic (exact) mass is 461 g/mol. The van der Waals surface area contributed by atoms with Crippen LogP contribution in [0.5, 0.6) is 0 Å². The molecule has 5 heteroatoms. The smallest absolute Gasteiger partial charge is 0.396 e. The van der Waals surface area contributed by atoms with Crippen molar-refractivity contribution in [2.45, 2.75) is 64.0 Å². The number of hydrogen-bond acceptors (Lipinski definition) is 3. The molecule has 3 heterocycles. The lowest BCUT2D eigenvalue weighted by molar-refractivity contribution is -0.977. The van der Waals surface area contributed by atoms with Crippen molar-refractivity contribution in [1.29, 1.82) is 0 Å². The lowest BCUT2D eigenvalue weighted by Crippen LogP contribution is -2.66. The maximum atomic E-state index is 13.0. The minimum atomic E-state index is -0.406. The first-order valence-corrected chi connectivity index (χ1v) is 13.1. The lowest BCUT2D eigenvalue weighted by atomic mass is 9.84. The summed E-state index contributed by atoms with van der Waals surface area (Å²) in [6.45, 7) is 2.20. The topological polar surface area (TPSA) is 55.4 Å². The zero-order valence-electron chi connectivity index (χ0n) is 20.1.